The lowest BCUT2D eigenvalue weighted by molar-refractivity contribution is 0.0945. The highest BCUT2D eigenvalue weighted by atomic mass is 35.5. The Morgan fingerprint density at radius 2 is 2.19 bits per heavy atom. The molecular weight excluding hydrogens is 324 g/mol. The second-order valence-corrected chi connectivity index (χ2v) is 7.01. The van der Waals surface area contributed by atoms with Gasteiger partial charge in [0.2, 0.25) is 0 Å². The van der Waals surface area contributed by atoms with E-state index in [-0.39, 0.29) is 11.9 Å². The predicted octanol–water partition coefficient (Wildman–Crippen LogP) is 4.69. The van der Waals surface area contributed by atoms with Gasteiger partial charge >= 0.3 is 0 Å². The highest BCUT2D eigenvalue weighted by Crippen LogP contribution is 2.35. The molecule has 0 saturated carbocycles. The van der Waals surface area contributed by atoms with Crippen LogP contribution in [0.1, 0.15) is 28.2 Å². The van der Waals surface area contributed by atoms with Crippen molar-refractivity contribution in [3.8, 4) is 0 Å². The van der Waals surface area contributed by atoms with Gasteiger partial charge in [0.15, 0.2) is 0 Å². The highest BCUT2D eigenvalue weighted by Gasteiger charge is 2.18. The Balaban J connectivity index is 1.89. The number of benzene rings is 1. The SMILES string of the molecule is CC(NC(=O)c1sc2cc(Cl)ccc2c1N)c1ccsc1. The molecule has 1 aromatic carbocycles. The maximum atomic E-state index is 12.4. The van der Waals surface area contributed by atoms with Gasteiger partial charge in [0.1, 0.15) is 4.88 Å². The lowest BCUT2D eigenvalue weighted by atomic mass is 10.1. The van der Waals surface area contributed by atoms with Crippen LogP contribution >= 0.6 is 34.3 Å². The van der Waals surface area contributed by atoms with Crippen molar-refractivity contribution < 1.29 is 4.79 Å². The fraction of sp³-hybridized carbons (Fsp3) is 0.133. The Kier molecular flexibility index (Phi) is 3.89. The van der Waals surface area contributed by atoms with E-state index in [1.165, 1.54) is 11.3 Å². The van der Waals surface area contributed by atoms with E-state index in [9.17, 15) is 4.79 Å². The smallest absolute Gasteiger partial charge is 0.263 e. The predicted molar refractivity (Wildman–Crippen MR) is 91.4 cm³/mol. The van der Waals surface area contributed by atoms with Crippen LogP contribution in [-0.4, -0.2) is 5.91 Å². The van der Waals surface area contributed by atoms with Crippen molar-refractivity contribution in [2.24, 2.45) is 0 Å². The summed E-state index contributed by atoms with van der Waals surface area (Å²) in [5.74, 6) is -0.150. The van der Waals surface area contributed by atoms with Crippen LogP contribution in [0, 0.1) is 0 Å². The summed E-state index contributed by atoms with van der Waals surface area (Å²) >= 11 is 8.96. The van der Waals surface area contributed by atoms with E-state index in [2.05, 4.69) is 5.32 Å². The number of nitrogen functional groups attached to an aromatic ring is 1. The normalized spacial score (nSPS) is 12.5. The Labute approximate surface area is 135 Å². The molecule has 0 spiro atoms. The van der Waals surface area contributed by atoms with Gasteiger partial charge in [-0.3, -0.25) is 4.79 Å². The number of thiophene rings is 2. The number of nitrogens with two attached hydrogens (primary N) is 1. The van der Waals surface area contributed by atoms with Crippen molar-refractivity contribution in [2.75, 3.05) is 5.73 Å². The number of rotatable bonds is 3. The molecule has 0 aliphatic carbocycles. The molecule has 0 radical (unpaired) electrons. The third-order valence-corrected chi connectivity index (χ3v) is 5.39. The van der Waals surface area contributed by atoms with E-state index in [0.717, 1.165) is 15.6 Å². The maximum Gasteiger partial charge on any atom is 0.263 e. The van der Waals surface area contributed by atoms with Gasteiger partial charge in [0.25, 0.3) is 5.91 Å². The van der Waals surface area contributed by atoms with Gasteiger partial charge in [-0.05, 0) is 47.5 Å². The fourth-order valence-corrected chi connectivity index (χ4v) is 4.18. The molecule has 3 rings (SSSR count). The van der Waals surface area contributed by atoms with Gasteiger partial charge in [-0.25, -0.2) is 0 Å². The molecular formula is C15H13ClN2OS2. The summed E-state index contributed by atoms with van der Waals surface area (Å²) in [5.41, 5.74) is 7.70. The minimum absolute atomic E-state index is 0.0445. The number of halogens is 1. The first-order chi connectivity index (χ1) is 10.1. The monoisotopic (exact) mass is 336 g/mol. The molecule has 6 heteroatoms. The van der Waals surface area contributed by atoms with Crippen LogP contribution in [0.5, 0.6) is 0 Å². The Bertz CT molecular complexity index is 795. The highest BCUT2D eigenvalue weighted by molar-refractivity contribution is 7.21. The number of carbonyl (C=O) groups excluding carboxylic acids is 1. The first kappa shape index (κ1) is 14.4. The summed E-state index contributed by atoms with van der Waals surface area (Å²) in [4.78, 5) is 13.0. The van der Waals surface area contributed by atoms with Crippen LogP contribution in [-0.2, 0) is 0 Å². The molecule has 1 amide bonds. The lowest BCUT2D eigenvalue weighted by Gasteiger charge is -2.11. The van der Waals surface area contributed by atoms with Gasteiger partial charge in [-0.1, -0.05) is 11.6 Å². The molecule has 0 aliphatic rings. The molecule has 0 aliphatic heterocycles. The quantitative estimate of drug-likeness (QED) is 0.729. The molecule has 0 fully saturated rings. The molecule has 2 aromatic heterocycles. The van der Waals surface area contributed by atoms with Crippen LogP contribution in [0.25, 0.3) is 10.1 Å². The second-order valence-electron chi connectivity index (χ2n) is 4.74. The summed E-state index contributed by atoms with van der Waals surface area (Å²) in [6, 6.07) is 7.42. The van der Waals surface area contributed by atoms with E-state index in [1.807, 2.05) is 35.9 Å². The zero-order chi connectivity index (χ0) is 15.0. The van der Waals surface area contributed by atoms with Crippen molar-refractivity contribution in [1.82, 2.24) is 5.32 Å². The largest absolute Gasteiger partial charge is 0.397 e. The average Bonchev–Trinajstić information content (AvgIpc) is 3.07. The third kappa shape index (κ3) is 2.77. The van der Waals surface area contributed by atoms with Crippen molar-refractivity contribution in [2.45, 2.75) is 13.0 Å². The van der Waals surface area contributed by atoms with Crippen LogP contribution in [0.2, 0.25) is 5.02 Å². The van der Waals surface area contributed by atoms with Gasteiger partial charge in [0.05, 0.1) is 11.7 Å². The molecule has 0 saturated heterocycles. The van der Waals surface area contributed by atoms with Gasteiger partial charge in [0, 0.05) is 15.1 Å². The van der Waals surface area contributed by atoms with Crippen LogP contribution in [0.3, 0.4) is 0 Å². The first-order valence-electron chi connectivity index (χ1n) is 6.36. The van der Waals surface area contributed by atoms with Crippen LogP contribution in [0.15, 0.2) is 35.0 Å². The molecule has 0 bridgehead atoms. The van der Waals surface area contributed by atoms with Crippen molar-refractivity contribution >= 4 is 56.0 Å². The number of carbonyl (C=O) groups is 1. The molecule has 3 aromatic rings. The van der Waals surface area contributed by atoms with Crippen molar-refractivity contribution in [3.05, 3.63) is 50.5 Å². The zero-order valence-electron chi connectivity index (χ0n) is 11.2. The summed E-state index contributed by atoms with van der Waals surface area (Å²) < 4.78 is 0.924. The minimum Gasteiger partial charge on any atom is -0.397 e. The summed E-state index contributed by atoms with van der Waals surface area (Å²) in [6.45, 7) is 1.96. The number of amides is 1. The zero-order valence-corrected chi connectivity index (χ0v) is 13.6. The average molecular weight is 337 g/mol. The number of fused-ring (bicyclic) bond motifs is 1. The first-order valence-corrected chi connectivity index (χ1v) is 8.50. The Morgan fingerprint density at radius 1 is 1.38 bits per heavy atom. The molecule has 1 unspecified atom stereocenters. The van der Waals surface area contributed by atoms with E-state index in [4.69, 9.17) is 17.3 Å². The standard InChI is InChI=1S/C15H13ClN2OS2/c1-8(9-4-5-20-7-9)18-15(19)14-13(17)11-3-2-10(16)6-12(11)21-14/h2-8H,17H2,1H3,(H,18,19). The number of nitrogens with one attached hydrogen (secondary N) is 1. The van der Waals surface area contributed by atoms with E-state index < -0.39 is 0 Å². The molecule has 3 N–H and O–H groups in total. The minimum atomic E-state index is -0.150. The molecule has 21 heavy (non-hydrogen) atoms. The van der Waals surface area contributed by atoms with E-state index in [1.54, 1.807) is 17.4 Å². The molecule has 1 atom stereocenters. The van der Waals surface area contributed by atoms with Gasteiger partial charge in [-0.15, -0.1) is 11.3 Å². The Hall–Kier alpha value is -1.56. The summed E-state index contributed by atoms with van der Waals surface area (Å²) in [5, 5.41) is 8.51. The van der Waals surface area contributed by atoms with Crippen molar-refractivity contribution in [3.63, 3.8) is 0 Å². The number of anilines is 1. The fourth-order valence-electron chi connectivity index (χ4n) is 2.13. The maximum absolute atomic E-state index is 12.4. The van der Waals surface area contributed by atoms with Gasteiger partial charge in [-0.2, -0.15) is 11.3 Å². The number of hydrogen-bond acceptors (Lipinski definition) is 4. The summed E-state index contributed by atoms with van der Waals surface area (Å²) in [7, 11) is 0. The summed E-state index contributed by atoms with van der Waals surface area (Å²) in [6.07, 6.45) is 0. The second kappa shape index (κ2) is 5.67. The van der Waals surface area contributed by atoms with Crippen molar-refractivity contribution in [1.29, 1.82) is 0 Å². The Morgan fingerprint density at radius 3 is 2.90 bits per heavy atom. The van der Waals surface area contributed by atoms with Crippen LogP contribution < -0.4 is 11.1 Å². The molecule has 108 valence electrons. The van der Waals surface area contributed by atoms with E-state index in [0.29, 0.717) is 15.6 Å². The van der Waals surface area contributed by atoms with Crippen LogP contribution in [0.4, 0.5) is 5.69 Å². The van der Waals surface area contributed by atoms with Gasteiger partial charge < -0.3 is 11.1 Å². The molecule has 3 nitrogen and oxygen atoms in total. The third-order valence-electron chi connectivity index (χ3n) is 3.29. The number of hydrogen-bond donors (Lipinski definition) is 2. The van der Waals surface area contributed by atoms with E-state index >= 15 is 0 Å². The topological polar surface area (TPSA) is 55.1 Å². The molecule has 2 heterocycles. The lowest BCUT2D eigenvalue weighted by Crippen LogP contribution is -2.26.